The quantitative estimate of drug-likeness (QED) is 0.732. The summed E-state index contributed by atoms with van der Waals surface area (Å²) in [5.41, 5.74) is 0.103. The molecule has 1 fully saturated rings. The summed E-state index contributed by atoms with van der Waals surface area (Å²) < 4.78 is 5.75. The topological polar surface area (TPSA) is 21.3 Å². The Morgan fingerprint density at radius 2 is 2.00 bits per heavy atom. The molecule has 0 aromatic heterocycles. The summed E-state index contributed by atoms with van der Waals surface area (Å²) >= 11 is 0. The zero-order valence-electron chi connectivity index (χ0n) is 10.8. The molecule has 0 spiro atoms. The van der Waals surface area contributed by atoms with Gasteiger partial charge in [-0.15, -0.1) is 0 Å². The second-order valence-electron chi connectivity index (χ2n) is 5.66. The second-order valence-corrected chi connectivity index (χ2v) is 5.66. The van der Waals surface area contributed by atoms with Gasteiger partial charge in [0, 0.05) is 19.2 Å². The summed E-state index contributed by atoms with van der Waals surface area (Å²) in [6.45, 7) is 11.0. The monoisotopic (exact) mass is 213 g/mol. The normalized spacial score (nSPS) is 28.6. The van der Waals surface area contributed by atoms with Crippen LogP contribution in [0.25, 0.3) is 0 Å². The van der Waals surface area contributed by atoms with Crippen LogP contribution in [0, 0.1) is 5.92 Å². The van der Waals surface area contributed by atoms with Crippen molar-refractivity contribution in [2.45, 2.75) is 65.0 Å². The molecular formula is C13H27NO. The molecule has 0 bridgehead atoms. The molecule has 1 rings (SSSR count). The SMILES string of the molecule is CC(C)CCC(C)NCC1(C)CCCO1. The van der Waals surface area contributed by atoms with Crippen LogP contribution in [0.2, 0.25) is 0 Å². The van der Waals surface area contributed by atoms with Crippen LogP contribution in [0.5, 0.6) is 0 Å². The lowest BCUT2D eigenvalue weighted by molar-refractivity contribution is 0.0188. The maximum Gasteiger partial charge on any atom is 0.0779 e. The van der Waals surface area contributed by atoms with Gasteiger partial charge in [-0.2, -0.15) is 0 Å². The van der Waals surface area contributed by atoms with E-state index in [1.54, 1.807) is 0 Å². The smallest absolute Gasteiger partial charge is 0.0779 e. The molecule has 0 aliphatic carbocycles. The Morgan fingerprint density at radius 1 is 1.27 bits per heavy atom. The fourth-order valence-corrected chi connectivity index (χ4v) is 2.05. The molecule has 0 saturated carbocycles. The standard InChI is InChI=1S/C13H27NO/c1-11(2)6-7-12(3)14-10-13(4)8-5-9-15-13/h11-12,14H,5-10H2,1-4H3. The Bertz CT molecular complexity index is 173. The zero-order valence-corrected chi connectivity index (χ0v) is 10.8. The van der Waals surface area contributed by atoms with Gasteiger partial charge in [-0.3, -0.25) is 0 Å². The highest BCUT2D eigenvalue weighted by Crippen LogP contribution is 2.24. The van der Waals surface area contributed by atoms with Crippen LogP contribution in [0.1, 0.15) is 53.4 Å². The molecule has 0 aromatic rings. The van der Waals surface area contributed by atoms with Gasteiger partial charge in [0.1, 0.15) is 0 Å². The first-order valence-electron chi connectivity index (χ1n) is 6.39. The summed E-state index contributed by atoms with van der Waals surface area (Å²) in [6, 6.07) is 0.619. The Labute approximate surface area is 94.8 Å². The van der Waals surface area contributed by atoms with E-state index in [0.29, 0.717) is 6.04 Å². The Morgan fingerprint density at radius 3 is 2.53 bits per heavy atom. The second kappa shape index (κ2) is 5.86. The molecule has 0 amide bonds. The van der Waals surface area contributed by atoms with Gasteiger partial charge in [-0.25, -0.2) is 0 Å². The highest BCUT2D eigenvalue weighted by Gasteiger charge is 2.29. The Balaban J connectivity index is 2.13. The van der Waals surface area contributed by atoms with E-state index in [4.69, 9.17) is 4.74 Å². The van der Waals surface area contributed by atoms with E-state index in [2.05, 4.69) is 33.0 Å². The van der Waals surface area contributed by atoms with Crippen LogP contribution in [-0.2, 0) is 4.74 Å². The van der Waals surface area contributed by atoms with E-state index in [-0.39, 0.29) is 5.60 Å². The summed E-state index contributed by atoms with van der Waals surface area (Å²) in [4.78, 5) is 0. The molecule has 1 heterocycles. The fourth-order valence-electron chi connectivity index (χ4n) is 2.05. The average Bonchev–Trinajstić information content (AvgIpc) is 2.60. The lowest BCUT2D eigenvalue weighted by Gasteiger charge is -2.26. The van der Waals surface area contributed by atoms with Crippen molar-refractivity contribution >= 4 is 0 Å². The van der Waals surface area contributed by atoms with Crippen molar-refractivity contribution in [1.82, 2.24) is 5.32 Å². The minimum Gasteiger partial charge on any atom is -0.374 e. The number of hydrogen-bond donors (Lipinski definition) is 1. The van der Waals surface area contributed by atoms with Gasteiger partial charge < -0.3 is 10.1 Å². The molecule has 0 aromatic carbocycles. The van der Waals surface area contributed by atoms with Crippen molar-refractivity contribution in [1.29, 1.82) is 0 Å². The van der Waals surface area contributed by atoms with Gasteiger partial charge in [0.25, 0.3) is 0 Å². The van der Waals surface area contributed by atoms with Crippen molar-refractivity contribution in [3.8, 4) is 0 Å². The van der Waals surface area contributed by atoms with E-state index in [0.717, 1.165) is 19.1 Å². The molecular weight excluding hydrogens is 186 g/mol. The summed E-state index contributed by atoms with van der Waals surface area (Å²) in [5, 5.41) is 3.60. The van der Waals surface area contributed by atoms with Gasteiger partial charge >= 0.3 is 0 Å². The number of rotatable bonds is 6. The Hall–Kier alpha value is -0.0800. The largest absolute Gasteiger partial charge is 0.374 e. The highest BCUT2D eigenvalue weighted by molar-refractivity contribution is 4.83. The van der Waals surface area contributed by atoms with Crippen molar-refractivity contribution in [2.75, 3.05) is 13.2 Å². The minimum atomic E-state index is 0.103. The zero-order chi connectivity index (χ0) is 11.3. The highest BCUT2D eigenvalue weighted by atomic mass is 16.5. The molecule has 2 unspecified atom stereocenters. The maximum absolute atomic E-state index is 5.75. The van der Waals surface area contributed by atoms with E-state index >= 15 is 0 Å². The van der Waals surface area contributed by atoms with Crippen LogP contribution in [0.15, 0.2) is 0 Å². The lowest BCUT2D eigenvalue weighted by atomic mass is 10.0. The number of nitrogens with one attached hydrogen (secondary N) is 1. The predicted molar refractivity (Wildman–Crippen MR) is 65.1 cm³/mol. The van der Waals surface area contributed by atoms with Crippen molar-refractivity contribution in [3.05, 3.63) is 0 Å². The van der Waals surface area contributed by atoms with Gasteiger partial charge in [-0.05, 0) is 45.4 Å². The maximum atomic E-state index is 5.75. The van der Waals surface area contributed by atoms with E-state index in [1.807, 2.05) is 0 Å². The van der Waals surface area contributed by atoms with Gasteiger partial charge in [0.15, 0.2) is 0 Å². The first-order chi connectivity index (χ1) is 7.02. The molecule has 0 radical (unpaired) electrons. The van der Waals surface area contributed by atoms with E-state index in [1.165, 1.54) is 25.7 Å². The van der Waals surface area contributed by atoms with Gasteiger partial charge in [-0.1, -0.05) is 13.8 Å². The Kier molecular flexibility index (Phi) is 5.07. The molecule has 2 nitrogen and oxygen atoms in total. The van der Waals surface area contributed by atoms with Crippen LogP contribution in [0.3, 0.4) is 0 Å². The van der Waals surface area contributed by atoms with Crippen molar-refractivity contribution in [3.63, 3.8) is 0 Å². The summed E-state index contributed by atoms with van der Waals surface area (Å²) in [7, 11) is 0. The van der Waals surface area contributed by atoms with Crippen LogP contribution >= 0.6 is 0 Å². The van der Waals surface area contributed by atoms with Gasteiger partial charge in [0.05, 0.1) is 5.60 Å². The summed E-state index contributed by atoms with van der Waals surface area (Å²) in [5.74, 6) is 0.813. The fraction of sp³-hybridized carbons (Fsp3) is 1.00. The molecule has 1 N–H and O–H groups in total. The first-order valence-corrected chi connectivity index (χ1v) is 6.39. The van der Waals surface area contributed by atoms with Crippen LogP contribution in [-0.4, -0.2) is 24.8 Å². The van der Waals surface area contributed by atoms with Crippen molar-refractivity contribution < 1.29 is 4.74 Å². The lowest BCUT2D eigenvalue weighted by Crippen LogP contribution is -2.41. The average molecular weight is 213 g/mol. The first kappa shape index (κ1) is 13.0. The van der Waals surface area contributed by atoms with Gasteiger partial charge in [0.2, 0.25) is 0 Å². The van der Waals surface area contributed by atoms with Crippen molar-refractivity contribution in [2.24, 2.45) is 5.92 Å². The number of ether oxygens (including phenoxy) is 1. The minimum absolute atomic E-state index is 0.103. The third kappa shape index (κ3) is 4.98. The van der Waals surface area contributed by atoms with E-state index < -0.39 is 0 Å². The molecule has 90 valence electrons. The molecule has 2 atom stereocenters. The molecule has 15 heavy (non-hydrogen) atoms. The molecule has 1 aliphatic heterocycles. The summed E-state index contributed by atoms with van der Waals surface area (Å²) in [6.07, 6.45) is 5.01. The predicted octanol–water partition coefficient (Wildman–Crippen LogP) is 2.97. The number of hydrogen-bond acceptors (Lipinski definition) is 2. The molecule has 1 saturated heterocycles. The third-order valence-corrected chi connectivity index (χ3v) is 3.30. The van der Waals surface area contributed by atoms with Crippen LogP contribution < -0.4 is 5.32 Å². The third-order valence-electron chi connectivity index (χ3n) is 3.30. The van der Waals surface area contributed by atoms with Crippen LogP contribution in [0.4, 0.5) is 0 Å². The molecule has 2 heteroatoms. The molecule has 1 aliphatic rings. The van der Waals surface area contributed by atoms with E-state index in [9.17, 15) is 0 Å².